The Labute approximate surface area is 203 Å². The van der Waals surface area contributed by atoms with Crippen LogP contribution in [0.25, 0.3) is 28.0 Å². The van der Waals surface area contributed by atoms with Gasteiger partial charge in [0.05, 0.1) is 5.56 Å². The number of carbonyl (C=O) groups is 2. The number of hydrogen-bond donors (Lipinski definition) is 2. The van der Waals surface area contributed by atoms with Gasteiger partial charge in [0, 0.05) is 12.5 Å². The molecule has 0 saturated carbocycles. The van der Waals surface area contributed by atoms with Crippen LogP contribution in [0.15, 0.2) is 91.0 Å². The van der Waals surface area contributed by atoms with Gasteiger partial charge in [0.1, 0.15) is 6.61 Å². The fourth-order valence-electron chi connectivity index (χ4n) is 4.63. The molecule has 1 aliphatic carbocycles. The van der Waals surface area contributed by atoms with Gasteiger partial charge in [-0.1, -0.05) is 78.9 Å². The van der Waals surface area contributed by atoms with Gasteiger partial charge in [-0.25, -0.2) is 9.59 Å². The summed E-state index contributed by atoms with van der Waals surface area (Å²) >= 11 is 0. The van der Waals surface area contributed by atoms with E-state index in [2.05, 4.69) is 29.6 Å². The average Bonchev–Trinajstić information content (AvgIpc) is 3.20. The lowest BCUT2D eigenvalue weighted by Crippen LogP contribution is -2.26. The topological polar surface area (TPSA) is 75.6 Å². The largest absolute Gasteiger partial charge is 0.478 e. The summed E-state index contributed by atoms with van der Waals surface area (Å²) in [5, 5.41) is 13.8. The Morgan fingerprint density at radius 3 is 2.23 bits per heavy atom. The first-order valence-electron chi connectivity index (χ1n) is 11.6. The molecule has 0 spiro atoms. The molecule has 0 heterocycles. The number of amides is 1. The Balaban J connectivity index is 1.12. The second-order valence-corrected chi connectivity index (χ2v) is 8.57. The maximum Gasteiger partial charge on any atom is 0.407 e. The van der Waals surface area contributed by atoms with Crippen LogP contribution in [0.2, 0.25) is 0 Å². The molecule has 5 nitrogen and oxygen atoms in total. The van der Waals surface area contributed by atoms with E-state index in [1.807, 2.05) is 60.7 Å². The van der Waals surface area contributed by atoms with Crippen molar-refractivity contribution >= 4 is 28.9 Å². The number of carbonyl (C=O) groups excluding carboxylic acids is 1. The summed E-state index contributed by atoms with van der Waals surface area (Å²) in [5.74, 6) is -0.882. The first kappa shape index (κ1) is 22.4. The van der Waals surface area contributed by atoms with Gasteiger partial charge in [-0.3, -0.25) is 0 Å². The van der Waals surface area contributed by atoms with Crippen LogP contribution in [-0.2, 0) is 4.74 Å². The van der Waals surface area contributed by atoms with Gasteiger partial charge < -0.3 is 15.2 Å². The van der Waals surface area contributed by atoms with Crippen molar-refractivity contribution in [3.05, 3.63) is 113 Å². The van der Waals surface area contributed by atoms with Crippen molar-refractivity contribution in [2.24, 2.45) is 0 Å². The van der Waals surface area contributed by atoms with Crippen LogP contribution in [0.3, 0.4) is 0 Å². The second-order valence-electron chi connectivity index (χ2n) is 8.57. The highest BCUT2D eigenvalue weighted by atomic mass is 16.5. The number of rotatable bonds is 7. The predicted molar refractivity (Wildman–Crippen MR) is 138 cm³/mol. The molecule has 4 aromatic rings. The Kier molecular flexibility index (Phi) is 6.31. The molecule has 1 amide bonds. The van der Waals surface area contributed by atoms with Gasteiger partial charge in [0.25, 0.3) is 0 Å². The number of aromatic carboxylic acids is 1. The van der Waals surface area contributed by atoms with E-state index in [0.717, 1.165) is 16.3 Å². The molecule has 0 radical (unpaired) electrons. The van der Waals surface area contributed by atoms with E-state index >= 15 is 0 Å². The predicted octanol–water partition coefficient (Wildman–Crippen LogP) is 6.48. The Morgan fingerprint density at radius 2 is 1.51 bits per heavy atom. The molecule has 1 aliphatic rings. The molecule has 0 atom stereocenters. The molecule has 0 fully saturated rings. The van der Waals surface area contributed by atoms with Gasteiger partial charge in [-0.2, -0.15) is 0 Å². The molecular weight excluding hydrogens is 438 g/mol. The minimum absolute atomic E-state index is 0.0486. The van der Waals surface area contributed by atoms with Crippen molar-refractivity contribution in [2.75, 3.05) is 13.2 Å². The molecule has 0 aliphatic heterocycles. The molecule has 2 N–H and O–H groups in total. The van der Waals surface area contributed by atoms with Crippen LogP contribution in [0.5, 0.6) is 0 Å². The molecule has 0 saturated heterocycles. The standard InChI is InChI=1S/C30H25NO4/c32-29(33)23-15-14-21-17-20(12-13-22(21)18-23)7-5-6-16-31-30(34)35-19-28-26-10-3-1-8-24(26)25-9-2-4-11-27(25)28/h1-5,7-15,17-18,28H,6,16,19H2,(H,31,34)(H,32,33). The maximum atomic E-state index is 12.3. The SMILES string of the molecule is O=C(NCCC=Cc1ccc2cc(C(=O)O)ccc2c1)OCC1c2ccccc2-c2ccccc21. The highest BCUT2D eigenvalue weighted by Gasteiger charge is 2.28. The number of benzene rings is 4. The zero-order valence-corrected chi connectivity index (χ0v) is 19.1. The fraction of sp³-hybridized carbons (Fsp3) is 0.133. The van der Waals surface area contributed by atoms with Gasteiger partial charge in [-0.15, -0.1) is 0 Å². The van der Waals surface area contributed by atoms with E-state index in [1.165, 1.54) is 22.3 Å². The first-order valence-corrected chi connectivity index (χ1v) is 11.6. The van der Waals surface area contributed by atoms with Crippen LogP contribution < -0.4 is 5.32 Å². The van der Waals surface area contributed by atoms with Crippen molar-refractivity contribution in [1.82, 2.24) is 5.32 Å². The summed E-state index contributed by atoms with van der Waals surface area (Å²) in [6, 6.07) is 27.5. The molecular formula is C30H25NO4. The maximum absolute atomic E-state index is 12.3. The van der Waals surface area contributed by atoms with Crippen molar-refractivity contribution in [1.29, 1.82) is 0 Å². The Hall–Kier alpha value is -4.38. The molecule has 5 heteroatoms. The van der Waals surface area contributed by atoms with E-state index in [1.54, 1.807) is 12.1 Å². The van der Waals surface area contributed by atoms with Gasteiger partial charge in [0.15, 0.2) is 0 Å². The zero-order chi connectivity index (χ0) is 24.2. The third-order valence-corrected chi connectivity index (χ3v) is 6.35. The molecule has 0 aromatic heterocycles. The summed E-state index contributed by atoms with van der Waals surface area (Å²) in [5.41, 5.74) is 6.09. The van der Waals surface area contributed by atoms with Gasteiger partial charge >= 0.3 is 12.1 Å². The zero-order valence-electron chi connectivity index (χ0n) is 19.1. The molecule has 0 unspecified atom stereocenters. The highest BCUT2D eigenvalue weighted by Crippen LogP contribution is 2.44. The average molecular weight is 464 g/mol. The number of alkyl carbamates (subject to hydrolysis) is 1. The summed E-state index contributed by atoms with van der Waals surface area (Å²) in [4.78, 5) is 23.4. The minimum atomic E-state index is -0.931. The van der Waals surface area contributed by atoms with Crippen molar-refractivity contribution < 1.29 is 19.4 Å². The monoisotopic (exact) mass is 463 g/mol. The van der Waals surface area contributed by atoms with Crippen molar-refractivity contribution in [2.45, 2.75) is 12.3 Å². The van der Waals surface area contributed by atoms with E-state index in [-0.39, 0.29) is 11.5 Å². The van der Waals surface area contributed by atoms with Crippen LogP contribution in [-0.4, -0.2) is 30.3 Å². The smallest absolute Gasteiger partial charge is 0.407 e. The van der Waals surface area contributed by atoms with Crippen molar-refractivity contribution in [3.8, 4) is 11.1 Å². The molecule has 35 heavy (non-hydrogen) atoms. The lowest BCUT2D eigenvalue weighted by Gasteiger charge is -2.14. The number of carboxylic acids is 1. The summed E-state index contributed by atoms with van der Waals surface area (Å²) in [6.45, 7) is 0.777. The van der Waals surface area contributed by atoms with Crippen LogP contribution in [0, 0.1) is 0 Å². The number of ether oxygens (including phenoxy) is 1. The van der Waals surface area contributed by atoms with Crippen LogP contribution in [0.4, 0.5) is 4.79 Å². The van der Waals surface area contributed by atoms with Crippen LogP contribution >= 0.6 is 0 Å². The van der Waals surface area contributed by atoms with E-state index in [9.17, 15) is 9.59 Å². The summed E-state index contributed by atoms with van der Waals surface area (Å²) in [6.07, 6.45) is 4.24. The Bertz CT molecular complexity index is 1390. The van der Waals surface area contributed by atoms with E-state index in [4.69, 9.17) is 9.84 Å². The van der Waals surface area contributed by atoms with Crippen LogP contribution in [0.1, 0.15) is 39.4 Å². The van der Waals surface area contributed by atoms with E-state index < -0.39 is 12.1 Å². The van der Waals surface area contributed by atoms with E-state index in [0.29, 0.717) is 19.6 Å². The molecule has 0 bridgehead atoms. The molecule has 174 valence electrons. The van der Waals surface area contributed by atoms with Gasteiger partial charge in [-0.05, 0) is 63.2 Å². The summed E-state index contributed by atoms with van der Waals surface area (Å²) < 4.78 is 5.56. The number of carboxylic acid groups (broad SMARTS) is 1. The van der Waals surface area contributed by atoms with Crippen molar-refractivity contribution in [3.63, 3.8) is 0 Å². The lowest BCUT2D eigenvalue weighted by atomic mass is 9.98. The van der Waals surface area contributed by atoms with Gasteiger partial charge in [0.2, 0.25) is 0 Å². The Morgan fingerprint density at radius 1 is 0.857 bits per heavy atom. The fourth-order valence-corrected chi connectivity index (χ4v) is 4.63. The second kappa shape index (κ2) is 9.85. The summed E-state index contributed by atoms with van der Waals surface area (Å²) in [7, 11) is 0. The number of hydrogen-bond acceptors (Lipinski definition) is 3. The lowest BCUT2D eigenvalue weighted by molar-refractivity contribution is 0.0697. The third-order valence-electron chi connectivity index (χ3n) is 6.35. The third kappa shape index (κ3) is 4.80. The molecule has 4 aromatic carbocycles. The highest BCUT2D eigenvalue weighted by molar-refractivity contribution is 5.95. The number of fused-ring (bicyclic) bond motifs is 4. The molecule has 5 rings (SSSR count). The first-order chi connectivity index (χ1) is 17.1. The minimum Gasteiger partial charge on any atom is -0.478 e. The normalized spacial score (nSPS) is 12.5. The number of nitrogens with one attached hydrogen (secondary N) is 1. The quantitative estimate of drug-likeness (QED) is 0.308.